The van der Waals surface area contributed by atoms with Gasteiger partial charge in [-0.1, -0.05) is 12.8 Å². The van der Waals surface area contributed by atoms with Crippen molar-refractivity contribution in [3.05, 3.63) is 11.3 Å². The van der Waals surface area contributed by atoms with Crippen molar-refractivity contribution in [2.45, 2.75) is 13.2 Å². The van der Waals surface area contributed by atoms with Gasteiger partial charge >= 0.3 is 0 Å². The van der Waals surface area contributed by atoms with Crippen LogP contribution in [-0.2, 0) is 0 Å². The molecule has 0 aliphatic carbocycles. The zero-order chi connectivity index (χ0) is 9.30. The number of rotatable bonds is 0. The second-order valence-corrected chi connectivity index (χ2v) is 3.43. The van der Waals surface area contributed by atoms with Crippen LogP contribution in [-0.4, -0.2) is 15.2 Å². The van der Waals surface area contributed by atoms with E-state index in [1.54, 1.807) is 6.92 Å². The highest BCUT2D eigenvalue weighted by Gasteiger charge is 2.21. The van der Waals surface area contributed by atoms with Crippen molar-refractivity contribution in [2.75, 3.05) is 0 Å². The number of nitrogens with two attached hydrogens (primary N) is 1. The number of nitriles is 1. The number of nitrogens with zero attached hydrogens (tertiary/aromatic N) is 3. The zero-order valence-corrected chi connectivity index (χ0v) is 8.80. The van der Waals surface area contributed by atoms with Gasteiger partial charge in [0.1, 0.15) is 16.3 Å². The number of aliphatic imine (C=N–C) groups is 1. The van der Waals surface area contributed by atoms with E-state index < -0.39 is 6.29 Å². The monoisotopic (exact) mass is 246 g/mol. The van der Waals surface area contributed by atoms with E-state index in [0.29, 0.717) is 15.9 Å². The summed E-state index contributed by atoms with van der Waals surface area (Å²) in [5.74, 6) is 0. The number of hydrogen-bond donors (Lipinski definition) is 2. The fraction of sp³-hybridized carbons (Fsp3) is 0.333. The van der Waals surface area contributed by atoms with Gasteiger partial charge in [0.15, 0.2) is 6.29 Å². The van der Waals surface area contributed by atoms with Crippen LogP contribution in [0.1, 0.15) is 6.92 Å². The number of thiol groups is 1. The van der Waals surface area contributed by atoms with Crippen LogP contribution in [0.5, 0.6) is 0 Å². The van der Waals surface area contributed by atoms with Crippen molar-refractivity contribution >= 4 is 33.4 Å². The van der Waals surface area contributed by atoms with Crippen LogP contribution >= 0.6 is 28.7 Å². The summed E-state index contributed by atoms with van der Waals surface area (Å²) in [4.78, 5) is 3.95. The summed E-state index contributed by atoms with van der Waals surface area (Å²) in [7, 11) is 0. The predicted octanol–water partition coefficient (Wildman–Crippen LogP) is 0.980. The van der Waals surface area contributed by atoms with Crippen LogP contribution in [0, 0.1) is 11.3 Å². The molecule has 1 aliphatic heterocycles. The first-order valence-corrected chi connectivity index (χ1v) is 4.35. The molecular formula is C6H7BrN4S. The molecule has 0 fully saturated rings. The number of allylic oxidation sites excluding steroid dienone is 2. The first-order valence-electron chi connectivity index (χ1n) is 3.16. The van der Waals surface area contributed by atoms with Gasteiger partial charge in [-0.25, -0.2) is 4.99 Å². The smallest absolute Gasteiger partial charge is 0.184 e. The first kappa shape index (κ1) is 9.58. The standard InChI is InChI=1S/C6H7BrN4S/c1-3-4(2-8)5(7)10-6(9)11(3)12/h6,12H,9H2,1H3. The third-order valence-corrected chi connectivity index (χ3v) is 2.66. The van der Waals surface area contributed by atoms with Gasteiger partial charge in [-0.2, -0.15) is 5.26 Å². The van der Waals surface area contributed by atoms with Gasteiger partial charge in [0.2, 0.25) is 0 Å². The molecule has 1 heterocycles. The fourth-order valence-corrected chi connectivity index (χ4v) is 1.56. The highest BCUT2D eigenvalue weighted by atomic mass is 79.9. The van der Waals surface area contributed by atoms with E-state index in [0.717, 1.165) is 0 Å². The summed E-state index contributed by atoms with van der Waals surface area (Å²) >= 11 is 7.23. The minimum atomic E-state index is -0.528. The molecule has 6 heteroatoms. The van der Waals surface area contributed by atoms with Crippen LogP contribution in [0.2, 0.25) is 0 Å². The van der Waals surface area contributed by atoms with Crippen molar-refractivity contribution in [3.63, 3.8) is 0 Å². The molecule has 0 saturated heterocycles. The highest BCUT2D eigenvalue weighted by molar-refractivity contribution is 9.18. The molecule has 0 aromatic rings. The summed E-state index contributed by atoms with van der Waals surface area (Å²) in [6.45, 7) is 1.77. The zero-order valence-electron chi connectivity index (χ0n) is 6.32. The lowest BCUT2D eigenvalue weighted by Gasteiger charge is -2.27. The Balaban J connectivity index is 3.14. The van der Waals surface area contributed by atoms with Gasteiger partial charge in [0.25, 0.3) is 0 Å². The molecule has 0 amide bonds. The highest BCUT2D eigenvalue weighted by Crippen LogP contribution is 2.23. The maximum atomic E-state index is 8.72. The molecule has 0 aromatic carbocycles. The van der Waals surface area contributed by atoms with Crippen molar-refractivity contribution in [1.82, 2.24) is 4.31 Å². The van der Waals surface area contributed by atoms with Crippen molar-refractivity contribution in [2.24, 2.45) is 10.7 Å². The Labute approximate surface area is 84.4 Å². The molecule has 64 valence electrons. The Hall–Kier alpha value is -0.510. The summed E-state index contributed by atoms with van der Waals surface area (Å²) in [6, 6.07) is 2.01. The lowest BCUT2D eigenvalue weighted by molar-refractivity contribution is 0.439. The van der Waals surface area contributed by atoms with Crippen molar-refractivity contribution in [1.29, 1.82) is 5.26 Å². The normalized spacial score (nSPS) is 23.8. The van der Waals surface area contributed by atoms with Crippen LogP contribution in [0.15, 0.2) is 16.3 Å². The Kier molecular flexibility index (Phi) is 2.77. The van der Waals surface area contributed by atoms with E-state index in [2.05, 4.69) is 33.7 Å². The molecule has 0 bridgehead atoms. The van der Waals surface area contributed by atoms with Gasteiger partial charge < -0.3 is 0 Å². The predicted molar refractivity (Wildman–Crippen MR) is 53.5 cm³/mol. The van der Waals surface area contributed by atoms with E-state index in [1.807, 2.05) is 6.07 Å². The number of hydrogen-bond acceptors (Lipinski definition) is 5. The molecule has 0 spiro atoms. The summed E-state index contributed by atoms with van der Waals surface area (Å²) < 4.78 is 1.93. The molecule has 1 unspecified atom stereocenters. The van der Waals surface area contributed by atoms with E-state index >= 15 is 0 Å². The summed E-state index contributed by atoms with van der Waals surface area (Å²) in [5.41, 5.74) is 6.73. The van der Waals surface area contributed by atoms with E-state index in [9.17, 15) is 0 Å². The minimum absolute atomic E-state index is 0.465. The molecule has 1 aliphatic rings. The van der Waals surface area contributed by atoms with E-state index in [4.69, 9.17) is 11.0 Å². The van der Waals surface area contributed by atoms with E-state index in [1.165, 1.54) is 4.31 Å². The van der Waals surface area contributed by atoms with Crippen molar-refractivity contribution in [3.8, 4) is 6.07 Å². The number of halogens is 1. The van der Waals surface area contributed by atoms with Gasteiger partial charge in [-0.15, -0.1) is 0 Å². The quantitative estimate of drug-likeness (QED) is 0.627. The Morgan fingerprint density at radius 2 is 2.42 bits per heavy atom. The second-order valence-electron chi connectivity index (χ2n) is 2.25. The maximum Gasteiger partial charge on any atom is 0.184 e. The van der Waals surface area contributed by atoms with Crippen LogP contribution < -0.4 is 5.73 Å². The SMILES string of the molecule is CC1=C(C#N)C(Br)=NC(N)N1S. The fourth-order valence-electron chi connectivity index (χ4n) is 0.825. The van der Waals surface area contributed by atoms with Crippen molar-refractivity contribution < 1.29 is 0 Å². The molecule has 2 N–H and O–H groups in total. The maximum absolute atomic E-state index is 8.72. The molecule has 4 nitrogen and oxygen atoms in total. The van der Waals surface area contributed by atoms with Gasteiger partial charge in [-0.05, 0) is 22.9 Å². The van der Waals surface area contributed by atoms with Crippen LogP contribution in [0.25, 0.3) is 0 Å². The molecule has 12 heavy (non-hydrogen) atoms. The Morgan fingerprint density at radius 1 is 1.83 bits per heavy atom. The van der Waals surface area contributed by atoms with E-state index in [-0.39, 0.29) is 0 Å². The van der Waals surface area contributed by atoms with Gasteiger partial charge in [-0.3, -0.25) is 10.0 Å². The van der Waals surface area contributed by atoms with Crippen LogP contribution in [0.4, 0.5) is 0 Å². The molecule has 1 atom stereocenters. The average Bonchev–Trinajstić information content (AvgIpc) is 2.01. The second kappa shape index (κ2) is 3.47. The lowest BCUT2D eigenvalue weighted by Crippen LogP contribution is -2.37. The molecule has 0 saturated carbocycles. The average molecular weight is 247 g/mol. The van der Waals surface area contributed by atoms with Gasteiger partial charge in [0.05, 0.1) is 0 Å². The molecule has 0 radical (unpaired) electrons. The Morgan fingerprint density at radius 3 is 2.92 bits per heavy atom. The molecular weight excluding hydrogens is 240 g/mol. The van der Waals surface area contributed by atoms with Gasteiger partial charge in [0, 0.05) is 5.70 Å². The Bertz CT molecular complexity index is 303. The molecule has 0 aromatic heterocycles. The largest absolute Gasteiger partial charge is 0.292 e. The third-order valence-electron chi connectivity index (χ3n) is 1.52. The topological polar surface area (TPSA) is 65.4 Å². The third kappa shape index (κ3) is 1.48. The summed E-state index contributed by atoms with van der Waals surface area (Å²) in [6.07, 6.45) is -0.528. The molecule has 1 rings (SSSR count). The lowest BCUT2D eigenvalue weighted by atomic mass is 10.2. The van der Waals surface area contributed by atoms with Crippen LogP contribution in [0.3, 0.4) is 0 Å². The first-order chi connectivity index (χ1) is 5.57. The minimum Gasteiger partial charge on any atom is -0.292 e. The summed E-state index contributed by atoms with van der Waals surface area (Å²) in [5, 5.41) is 8.72.